The maximum Gasteiger partial charge on any atom is 0.303 e. The highest BCUT2D eigenvalue weighted by molar-refractivity contribution is 5.68. The minimum Gasteiger partial charge on any atom is -0.463 e. The molecule has 0 radical (unpaired) electrons. The molecular weight excluding hydrogens is 446 g/mol. The predicted octanol–water partition coefficient (Wildman–Crippen LogP) is 1.06. The van der Waals surface area contributed by atoms with Crippen molar-refractivity contribution in [2.75, 3.05) is 6.61 Å². The Hall–Kier alpha value is -3.74. The second-order valence-corrected chi connectivity index (χ2v) is 6.94. The topological polar surface area (TPSA) is 167 Å². The van der Waals surface area contributed by atoms with Crippen LogP contribution in [0.25, 0.3) is 0 Å². The molecule has 1 aromatic carbocycles. The van der Waals surface area contributed by atoms with E-state index in [1.165, 1.54) is 24.3 Å². The molecule has 1 aromatic rings. The van der Waals surface area contributed by atoms with E-state index in [0.29, 0.717) is 0 Å². The molecule has 0 aliphatic carbocycles. The van der Waals surface area contributed by atoms with Crippen LogP contribution in [0, 0.1) is 10.1 Å². The van der Waals surface area contributed by atoms with Gasteiger partial charge >= 0.3 is 23.9 Å². The summed E-state index contributed by atoms with van der Waals surface area (Å²) in [6.45, 7) is 4.05. The van der Waals surface area contributed by atoms with Crippen LogP contribution in [0.3, 0.4) is 0 Å². The van der Waals surface area contributed by atoms with Crippen LogP contribution in [-0.4, -0.2) is 66.1 Å². The number of ether oxygens (including phenoxy) is 6. The Kier molecular flexibility index (Phi) is 8.68. The molecule has 5 atom stereocenters. The van der Waals surface area contributed by atoms with E-state index in [4.69, 9.17) is 28.4 Å². The van der Waals surface area contributed by atoms with Crippen molar-refractivity contribution in [2.24, 2.45) is 0 Å². The van der Waals surface area contributed by atoms with Gasteiger partial charge in [0.25, 0.3) is 5.69 Å². The lowest BCUT2D eigenvalue weighted by molar-refractivity contribution is -0.384. The number of non-ortho nitro benzene ring substituents is 1. The molecule has 13 nitrogen and oxygen atoms in total. The first-order chi connectivity index (χ1) is 15.5. The summed E-state index contributed by atoms with van der Waals surface area (Å²) in [4.78, 5) is 56.8. The third-order valence-corrected chi connectivity index (χ3v) is 4.25. The van der Waals surface area contributed by atoms with Crippen LogP contribution in [0.1, 0.15) is 27.7 Å². The maximum atomic E-state index is 11.8. The van der Waals surface area contributed by atoms with Crippen LogP contribution < -0.4 is 4.74 Å². The van der Waals surface area contributed by atoms with Crippen molar-refractivity contribution < 1.29 is 52.5 Å². The van der Waals surface area contributed by atoms with Crippen LogP contribution in [0.15, 0.2) is 24.3 Å². The van der Waals surface area contributed by atoms with Gasteiger partial charge in [-0.3, -0.25) is 29.3 Å². The number of esters is 4. The lowest BCUT2D eigenvalue weighted by atomic mass is 9.98. The van der Waals surface area contributed by atoms with Crippen LogP contribution in [0.5, 0.6) is 5.75 Å². The summed E-state index contributed by atoms with van der Waals surface area (Å²) < 4.78 is 32.3. The number of nitrogens with zero attached hydrogens (tertiary/aromatic N) is 1. The fraction of sp³-hybridized carbons (Fsp3) is 0.500. The second-order valence-electron chi connectivity index (χ2n) is 6.94. The number of hydrogen-bond acceptors (Lipinski definition) is 12. The molecule has 13 heteroatoms. The van der Waals surface area contributed by atoms with Gasteiger partial charge in [-0.15, -0.1) is 0 Å². The molecule has 1 aliphatic rings. The Bertz CT molecular complexity index is 899. The van der Waals surface area contributed by atoms with Gasteiger partial charge in [0.05, 0.1) is 4.92 Å². The molecule has 1 aliphatic heterocycles. The fourth-order valence-electron chi connectivity index (χ4n) is 3.06. The summed E-state index contributed by atoms with van der Waals surface area (Å²) in [6, 6.07) is 4.93. The SMILES string of the molecule is CC(=O)OCC1O[C@@H](Oc2ccc([N+](=O)[O-])cc2)[C@@H](OC(C)=O)C(OC(C)=O)[C@H]1OC(C)=O. The zero-order valence-corrected chi connectivity index (χ0v) is 18.2. The highest BCUT2D eigenvalue weighted by Gasteiger charge is 2.53. The smallest absolute Gasteiger partial charge is 0.303 e. The summed E-state index contributed by atoms with van der Waals surface area (Å²) >= 11 is 0. The highest BCUT2D eigenvalue weighted by Crippen LogP contribution is 2.31. The molecule has 2 unspecified atom stereocenters. The Morgan fingerprint density at radius 2 is 1.36 bits per heavy atom. The number of nitro benzene ring substituents is 1. The quantitative estimate of drug-likeness (QED) is 0.230. The zero-order chi connectivity index (χ0) is 24.7. The van der Waals surface area contributed by atoms with Crippen molar-refractivity contribution in [3.8, 4) is 5.75 Å². The average Bonchev–Trinajstić information content (AvgIpc) is 2.70. The Morgan fingerprint density at radius 1 is 0.848 bits per heavy atom. The van der Waals surface area contributed by atoms with Crippen LogP contribution in [0.4, 0.5) is 5.69 Å². The third-order valence-electron chi connectivity index (χ3n) is 4.25. The maximum absolute atomic E-state index is 11.8. The predicted molar refractivity (Wildman–Crippen MR) is 106 cm³/mol. The highest BCUT2D eigenvalue weighted by atomic mass is 16.7. The first-order valence-electron chi connectivity index (χ1n) is 9.69. The number of benzene rings is 1. The molecule has 0 N–H and O–H groups in total. The monoisotopic (exact) mass is 469 g/mol. The Labute approximate surface area is 188 Å². The lowest BCUT2D eigenvalue weighted by Gasteiger charge is -2.43. The number of carbonyl (C=O) groups excluding carboxylic acids is 4. The normalized spacial score (nSPS) is 24.2. The standard InChI is InChI=1S/C20H23NO12/c1-10(22)28-9-16-17(29-11(2)23)18(30-12(3)24)19(31-13(4)25)20(33-16)32-15-7-5-14(6-8-15)21(26)27/h5-8,16-20H,9H2,1-4H3/t16?,17-,18?,19-,20+/m0/s1. The van der Waals surface area contributed by atoms with Crippen molar-refractivity contribution in [1.82, 2.24) is 0 Å². The van der Waals surface area contributed by atoms with Gasteiger partial charge in [-0.05, 0) is 12.1 Å². The van der Waals surface area contributed by atoms with Gasteiger partial charge in [0.2, 0.25) is 12.4 Å². The summed E-state index contributed by atoms with van der Waals surface area (Å²) in [6.07, 6.45) is -6.69. The van der Waals surface area contributed by atoms with E-state index in [0.717, 1.165) is 27.7 Å². The molecule has 0 saturated carbocycles. The number of hydrogen-bond donors (Lipinski definition) is 0. The number of rotatable bonds is 8. The van der Waals surface area contributed by atoms with Gasteiger partial charge < -0.3 is 28.4 Å². The van der Waals surface area contributed by atoms with E-state index >= 15 is 0 Å². The molecule has 2 rings (SSSR count). The van der Waals surface area contributed by atoms with Crippen LogP contribution in [-0.2, 0) is 42.9 Å². The molecule has 1 fully saturated rings. The van der Waals surface area contributed by atoms with Gasteiger partial charge in [-0.25, -0.2) is 0 Å². The molecule has 0 spiro atoms. The molecule has 1 saturated heterocycles. The first-order valence-corrected chi connectivity index (χ1v) is 9.69. The molecule has 33 heavy (non-hydrogen) atoms. The third kappa shape index (κ3) is 7.42. The molecule has 180 valence electrons. The van der Waals surface area contributed by atoms with Crippen molar-refractivity contribution in [2.45, 2.75) is 58.4 Å². The van der Waals surface area contributed by atoms with Crippen molar-refractivity contribution in [3.05, 3.63) is 34.4 Å². The second kappa shape index (κ2) is 11.2. The van der Waals surface area contributed by atoms with E-state index in [-0.39, 0.29) is 11.4 Å². The molecule has 0 aromatic heterocycles. The number of carbonyl (C=O) groups is 4. The van der Waals surface area contributed by atoms with E-state index in [1.54, 1.807) is 0 Å². The van der Waals surface area contributed by atoms with E-state index < -0.39 is 66.1 Å². The Morgan fingerprint density at radius 3 is 1.85 bits per heavy atom. The Balaban J connectivity index is 2.43. The zero-order valence-electron chi connectivity index (χ0n) is 18.2. The number of nitro groups is 1. The summed E-state index contributed by atoms with van der Waals surface area (Å²) in [5.74, 6) is -2.87. The van der Waals surface area contributed by atoms with Gasteiger partial charge in [0, 0.05) is 39.8 Å². The molecule has 0 amide bonds. The van der Waals surface area contributed by atoms with Crippen LogP contribution in [0.2, 0.25) is 0 Å². The van der Waals surface area contributed by atoms with Gasteiger partial charge in [0.1, 0.15) is 18.5 Å². The van der Waals surface area contributed by atoms with Crippen molar-refractivity contribution in [1.29, 1.82) is 0 Å². The van der Waals surface area contributed by atoms with Crippen LogP contribution >= 0.6 is 0 Å². The fourth-order valence-corrected chi connectivity index (χ4v) is 3.06. The first kappa shape index (κ1) is 25.5. The molecule has 1 heterocycles. The van der Waals surface area contributed by atoms with Gasteiger partial charge in [0.15, 0.2) is 12.2 Å². The summed E-state index contributed by atoms with van der Waals surface area (Å²) in [5.41, 5.74) is -0.191. The summed E-state index contributed by atoms with van der Waals surface area (Å²) in [5, 5.41) is 10.9. The van der Waals surface area contributed by atoms with Gasteiger partial charge in [-0.2, -0.15) is 0 Å². The van der Waals surface area contributed by atoms with E-state index in [1.807, 2.05) is 0 Å². The van der Waals surface area contributed by atoms with Gasteiger partial charge in [-0.1, -0.05) is 0 Å². The minimum absolute atomic E-state index is 0.0986. The minimum atomic E-state index is -1.42. The van der Waals surface area contributed by atoms with E-state index in [9.17, 15) is 29.3 Å². The van der Waals surface area contributed by atoms with Crippen molar-refractivity contribution in [3.63, 3.8) is 0 Å². The van der Waals surface area contributed by atoms with E-state index in [2.05, 4.69) is 0 Å². The molecular formula is C20H23NO12. The largest absolute Gasteiger partial charge is 0.463 e. The lowest BCUT2D eigenvalue weighted by Crippen LogP contribution is -2.63. The summed E-state index contributed by atoms with van der Waals surface area (Å²) in [7, 11) is 0. The van der Waals surface area contributed by atoms with Crippen molar-refractivity contribution >= 4 is 29.6 Å². The average molecular weight is 469 g/mol. The molecule has 0 bridgehead atoms.